The Morgan fingerprint density at radius 1 is 0.375 bits per heavy atom. The van der Waals surface area contributed by atoms with Crippen molar-refractivity contribution in [2.24, 2.45) is 0 Å². The van der Waals surface area contributed by atoms with Gasteiger partial charge in [-0.2, -0.15) is 403 Å². The van der Waals surface area contributed by atoms with E-state index in [9.17, 15) is 14.4 Å². The maximum absolute atomic E-state index is 13.8. The fourth-order valence-corrected chi connectivity index (χ4v) is 36.1. The summed E-state index contributed by atoms with van der Waals surface area (Å²) in [4.78, 5) is 44.7. The van der Waals surface area contributed by atoms with E-state index in [2.05, 4.69) is 477 Å². The lowest BCUT2D eigenvalue weighted by atomic mass is 8.82. The van der Waals surface area contributed by atoms with Gasteiger partial charge in [-0.15, -0.1) is 44.7 Å². The molecule has 3 amide bonds. The number of hydrogen-bond acceptors (Lipinski definition) is 5. The monoisotopic (exact) mass is 3100 g/mol. The standard InChI is InChI=1S/C12H27B24I20N3O5/c1-10(60)57(6-8-63-4)33(27(49)19(41)17(39)15(13)37)29(51)23(45)21(43)25(47)31(53)35(55)59(12(3)62)36(56)32(54)26(48)22(44)24(46)30(52)34(58(11(2)61)7-9-64-5)28(50)20(42)18(40)16(14)38/h6-9,13-14H2,1-5H3. The average molecular weight is 3090 g/mol. The summed E-state index contributed by atoms with van der Waals surface area (Å²) >= 11 is 52.2. The van der Waals surface area contributed by atoms with E-state index in [0.717, 1.165) is 0 Å². The van der Waals surface area contributed by atoms with Crippen LogP contribution in [0.5, 0.6) is 0 Å². The van der Waals surface area contributed by atoms with Gasteiger partial charge in [0.2, 0.25) is 33.8 Å². The van der Waals surface area contributed by atoms with E-state index in [1.165, 1.54) is 0 Å². The molecule has 0 aliphatic rings. The summed E-state index contributed by atoms with van der Waals surface area (Å²) in [6, 6.07) is 0. The predicted octanol–water partition coefficient (Wildman–Crippen LogP) is 7.16. The Kier molecular flexibility index (Phi) is 50.9. The predicted molar refractivity (Wildman–Crippen MR) is 495 cm³/mol. The highest BCUT2D eigenvalue weighted by Crippen LogP contribution is 2.34. The summed E-state index contributed by atoms with van der Waals surface area (Å²) < 4.78 is 18.3. The summed E-state index contributed by atoms with van der Waals surface area (Å²) in [7, 11) is 7.95. The van der Waals surface area contributed by atoms with Crippen molar-refractivity contribution in [2.75, 3.05) is 40.5 Å². The molecule has 0 spiro atoms. The molecule has 0 unspecified atom stereocenters. The van der Waals surface area contributed by atoms with Crippen molar-refractivity contribution in [3.05, 3.63) is 0 Å². The van der Waals surface area contributed by atoms with E-state index < -0.39 is 0 Å². The van der Waals surface area contributed by atoms with Crippen molar-refractivity contribution in [3.63, 3.8) is 0 Å². The molecule has 0 radical (unpaired) electrons. The van der Waals surface area contributed by atoms with Crippen LogP contribution in [0, 0.1) is 0 Å². The molecule has 0 fully saturated rings. The zero-order valence-electron chi connectivity index (χ0n) is 35.0. The summed E-state index contributed by atoms with van der Waals surface area (Å²) in [6.07, 6.45) is 0. The van der Waals surface area contributed by atoms with Crippen molar-refractivity contribution >= 4 is 581 Å². The minimum Gasteiger partial charge on any atom is -0.425 e. The van der Waals surface area contributed by atoms with Crippen molar-refractivity contribution in [2.45, 2.75) is 20.8 Å². The Bertz CT molecular complexity index is 1330. The lowest BCUT2D eigenvalue weighted by Gasteiger charge is -2.38. The van der Waals surface area contributed by atoms with Gasteiger partial charge in [-0.05, 0) is 0 Å². The van der Waals surface area contributed by atoms with Crippen LogP contribution in [-0.4, -0.2) is 189 Å². The Morgan fingerprint density at radius 3 is 0.797 bits per heavy atom. The first-order chi connectivity index (χ1) is 29.4. The van der Waals surface area contributed by atoms with Crippen LogP contribution >= 0.6 is 447 Å². The molecule has 0 saturated carbocycles. The van der Waals surface area contributed by atoms with Gasteiger partial charge in [-0.25, -0.2) is 0 Å². The van der Waals surface area contributed by atoms with Gasteiger partial charge in [0.25, 0.3) is 9.19 Å². The molecular weight excluding hydrogens is 3060 g/mol. The molecule has 0 aliphatic heterocycles. The molecule has 332 valence electrons. The molecule has 52 heteroatoms. The molecule has 8 nitrogen and oxygen atoms in total. The number of carbonyl (C=O) groups is 3. The number of ether oxygens (including phenoxy) is 2. The van der Waals surface area contributed by atoms with Gasteiger partial charge < -0.3 is 23.8 Å². The summed E-state index contributed by atoms with van der Waals surface area (Å²) in [5.74, 6) is 0.258. The van der Waals surface area contributed by atoms with Crippen LogP contribution < -0.4 is 0 Å². The van der Waals surface area contributed by atoms with Crippen LogP contribution in [0.4, 0.5) is 0 Å². The van der Waals surface area contributed by atoms with E-state index in [-0.39, 0.29) is 92.4 Å². The zero-order valence-corrected chi connectivity index (χ0v) is 78.1. The Morgan fingerprint density at radius 2 is 0.594 bits per heavy atom. The van der Waals surface area contributed by atoms with Gasteiger partial charge >= 0.3 is 0 Å². The van der Waals surface area contributed by atoms with Crippen LogP contribution in [0.2, 0.25) is 0 Å². The fourth-order valence-electron chi connectivity index (χ4n) is 6.21. The number of amides is 3. The first-order valence-corrected chi connectivity index (χ1v) is 43.9. The summed E-state index contributed by atoms with van der Waals surface area (Å²) in [5.41, 5.74) is 0. The lowest BCUT2D eigenvalue weighted by molar-refractivity contribution is -0.125. The Balaban J connectivity index is 6.69. The maximum Gasteiger partial charge on any atom is 0.284 e. The Hall–Kier alpha value is 14.5. The molecule has 0 saturated heterocycles. The molecule has 0 rings (SSSR count). The molecule has 0 bridgehead atoms. The largest absolute Gasteiger partial charge is 0.425 e. The van der Waals surface area contributed by atoms with E-state index in [4.69, 9.17) is 9.47 Å². The van der Waals surface area contributed by atoms with Gasteiger partial charge in [0, 0.05) is 48.1 Å². The first-order valence-electron chi connectivity index (χ1n) is 19.0. The highest BCUT2D eigenvalue weighted by Gasteiger charge is 2.58. The van der Waals surface area contributed by atoms with Gasteiger partial charge in [0.1, 0.15) is 0 Å². The summed E-state index contributed by atoms with van der Waals surface area (Å²) in [5, 5.41) is 0. The minimum atomic E-state index is -0.0439. The second-order valence-electron chi connectivity index (χ2n) is 14.5. The lowest BCUT2D eigenvalue weighted by Crippen LogP contribution is -2.71. The molecular formula is C12H27B24I20N3O5. The third kappa shape index (κ3) is 25.6. The molecule has 0 aliphatic carbocycles. The van der Waals surface area contributed by atoms with Gasteiger partial charge in [-0.3, -0.25) is 14.4 Å². The van der Waals surface area contributed by atoms with Crippen LogP contribution in [0.15, 0.2) is 0 Å². The molecule has 0 aromatic carbocycles. The molecule has 64 heavy (non-hydrogen) atoms. The highest BCUT2D eigenvalue weighted by molar-refractivity contribution is 14.2. The van der Waals surface area contributed by atoms with Crippen LogP contribution in [0.1, 0.15) is 20.8 Å². The topological polar surface area (TPSA) is 79.4 Å². The molecule has 0 aromatic heterocycles. The van der Waals surface area contributed by atoms with Gasteiger partial charge in [0.05, 0.1) is 28.7 Å². The molecule has 0 aromatic rings. The first kappa shape index (κ1) is 78.5. The smallest absolute Gasteiger partial charge is 0.284 e. The zero-order chi connectivity index (χ0) is 50.4. The number of hydrogen-bond donors (Lipinski definition) is 0. The third-order valence-corrected chi connectivity index (χ3v) is 61.2. The van der Waals surface area contributed by atoms with E-state index in [1.807, 2.05) is 0 Å². The number of nitrogens with zero attached hydrogens (tertiary/aromatic N) is 3. The second kappa shape index (κ2) is 41.5. The number of rotatable bonds is 30. The summed E-state index contributed by atoms with van der Waals surface area (Å²) in [6.45, 7) is 7.28. The van der Waals surface area contributed by atoms with Crippen LogP contribution in [-0.2, 0) is 23.9 Å². The SMILES string of the molecule is BB(I)B(I)B(I)B(I)B(B(I)B(I)B(I)B(I)B(I)B(I)N(B(I)B(I)B(I)B(I)B(I)B(I)B(B(I)B(I)B(I)B(B)I)N(CCOC)C(C)=O)C(C)=O)N(CCOC)C(C)=O. The highest BCUT2D eigenvalue weighted by atomic mass is 127. The Labute approximate surface area is 663 Å². The van der Waals surface area contributed by atoms with E-state index >= 15 is 0 Å². The minimum absolute atomic E-state index is 0.0201. The normalized spacial score (nSPS) is 10.3. The molecule has 0 atom stereocenters. The molecule has 0 N–H and O–H groups in total. The van der Waals surface area contributed by atoms with Crippen LogP contribution in [0.25, 0.3) is 0 Å². The fraction of sp³-hybridized carbons (Fsp3) is 0.750. The van der Waals surface area contributed by atoms with Crippen molar-refractivity contribution in [1.29, 1.82) is 0 Å². The van der Waals surface area contributed by atoms with Gasteiger partial charge in [0.15, 0.2) is 75.5 Å². The second-order valence-corrected chi connectivity index (χ2v) is 44.0. The maximum atomic E-state index is 13.8. The van der Waals surface area contributed by atoms with Crippen molar-refractivity contribution in [3.8, 4) is 0 Å². The average Bonchev–Trinajstić information content (AvgIpc) is 3.24. The van der Waals surface area contributed by atoms with Crippen LogP contribution in [0.3, 0.4) is 0 Å². The molecule has 0 heterocycles. The quantitative estimate of drug-likeness (QED) is 0.0565. The number of halogens is 20. The van der Waals surface area contributed by atoms with Crippen molar-refractivity contribution in [1.82, 2.24) is 14.3 Å². The van der Waals surface area contributed by atoms with E-state index in [1.54, 1.807) is 35.0 Å². The third-order valence-electron chi connectivity index (χ3n) is 9.86. The number of carbonyl (C=O) groups excluding carboxylic acids is 3. The van der Waals surface area contributed by atoms with E-state index in [0.29, 0.717) is 52.4 Å². The number of methoxy groups -OCH3 is 2. The van der Waals surface area contributed by atoms with Crippen molar-refractivity contribution < 1.29 is 23.9 Å². The van der Waals surface area contributed by atoms with Gasteiger partial charge in [-0.1, -0.05) is 0 Å².